The molecule has 0 aliphatic heterocycles. The quantitative estimate of drug-likeness (QED) is 0.625. The fourth-order valence-electron chi connectivity index (χ4n) is 5.12. The van der Waals surface area contributed by atoms with Gasteiger partial charge in [-0.2, -0.15) is 5.10 Å². The van der Waals surface area contributed by atoms with Crippen LogP contribution in [0.5, 0.6) is 0 Å². The zero-order valence-electron chi connectivity index (χ0n) is 18.6. The van der Waals surface area contributed by atoms with Crippen molar-refractivity contribution in [1.29, 1.82) is 0 Å². The van der Waals surface area contributed by atoms with Gasteiger partial charge in [0, 0.05) is 47.9 Å². The molecule has 6 heteroatoms. The first-order chi connectivity index (χ1) is 14.9. The van der Waals surface area contributed by atoms with Crippen LogP contribution in [-0.2, 0) is 6.54 Å². The van der Waals surface area contributed by atoms with Crippen LogP contribution in [0.2, 0.25) is 0 Å². The molecule has 2 aliphatic carbocycles. The molecule has 0 saturated heterocycles. The van der Waals surface area contributed by atoms with E-state index in [9.17, 15) is 4.79 Å². The number of pyridine rings is 2. The van der Waals surface area contributed by atoms with Gasteiger partial charge in [0.1, 0.15) is 5.82 Å². The summed E-state index contributed by atoms with van der Waals surface area (Å²) < 4.78 is 3.58. The van der Waals surface area contributed by atoms with E-state index in [0.717, 1.165) is 28.3 Å². The molecular weight excluding hydrogens is 386 g/mol. The summed E-state index contributed by atoms with van der Waals surface area (Å²) in [5.41, 5.74) is 4.66. The van der Waals surface area contributed by atoms with Crippen LogP contribution < -0.4 is 10.9 Å². The fraction of sp³-hybridized carbons (Fsp3) is 0.480. The van der Waals surface area contributed by atoms with Gasteiger partial charge >= 0.3 is 0 Å². The van der Waals surface area contributed by atoms with E-state index in [2.05, 4.69) is 43.3 Å². The van der Waals surface area contributed by atoms with Gasteiger partial charge in [0.15, 0.2) is 0 Å². The fourth-order valence-corrected chi connectivity index (χ4v) is 5.12. The molecule has 0 amide bonds. The summed E-state index contributed by atoms with van der Waals surface area (Å²) >= 11 is 0. The zero-order valence-corrected chi connectivity index (χ0v) is 18.6. The Hall–Kier alpha value is -2.89. The van der Waals surface area contributed by atoms with Crippen molar-refractivity contribution in [1.82, 2.24) is 19.3 Å². The average molecular weight is 418 g/mol. The lowest BCUT2D eigenvalue weighted by Gasteiger charge is -2.54. The molecule has 5 rings (SSSR count). The van der Waals surface area contributed by atoms with Gasteiger partial charge in [0.2, 0.25) is 0 Å². The maximum absolute atomic E-state index is 12.1. The second kappa shape index (κ2) is 7.66. The second-order valence-electron chi connectivity index (χ2n) is 9.88. The summed E-state index contributed by atoms with van der Waals surface area (Å²) in [6.07, 6.45) is 12.6. The number of aromatic nitrogens is 4. The predicted molar refractivity (Wildman–Crippen MR) is 124 cm³/mol. The third-order valence-electron chi connectivity index (χ3n) is 6.90. The zero-order chi connectivity index (χ0) is 21.6. The SMILES string of the molecule is Cc1nc(NC2CC3(CCC3)C2)ccc1-c1cnn(-c2ccc(=O)n(CC(C)C)c2)c1. The number of anilines is 1. The van der Waals surface area contributed by atoms with Crippen molar-refractivity contribution >= 4 is 5.82 Å². The summed E-state index contributed by atoms with van der Waals surface area (Å²) in [5.74, 6) is 1.37. The highest BCUT2D eigenvalue weighted by atomic mass is 16.1. The minimum atomic E-state index is 0.0163. The number of nitrogens with one attached hydrogen (secondary N) is 1. The molecule has 0 radical (unpaired) electrons. The van der Waals surface area contributed by atoms with E-state index in [4.69, 9.17) is 4.98 Å². The summed E-state index contributed by atoms with van der Waals surface area (Å²) in [6, 6.07) is 8.21. The summed E-state index contributed by atoms with van der Waals surface area (Å²) in [5, 5.41) is 8.15. The monoisotopic (exact) mass is 417 g/mol. The van der Waals surface area contributed by atoms with Crippen LogP contribution in [0.1, 0.15) is 51.6 Å². The molecule has 0 unspecified atom stereocenters. The van der Waals surface area contributed by atoms with Crippen LogP contribution in [0.25, 0.3) is 16.8 Å². The lowest BCUT2D eigenvalue weighted by atomic mass is 9.54. The van der Waals surface area contributed by atoms with Gasteiger partial charge in [-0.05, 0) is 62.1 Å². The van der Waals surface area contributed by atoms with E-state index in [1.165, 1.54) is 32.1 Å². The molecule has 1 spiro atoms. The van der Waals surface area contributed by atoms with Crippen molar-refractivity contribution in [3.05, 3.63) is 58.9 Å². The molecule has 2 fully saturated rings. The van der Waals surface area contributed by atoms with E-state index in [0.29, 0.717) is 23.9 Å². The van der Waals surface area contributed by atoms with Crippen LogP contribution in [0.15, 0.2) is 47.7 Å². The smallest absolute Gasteiger partial charge is 0.250 e. The van der Waals surface area contributed by atoms with Crippen molar-refractivity contribution < 1.29 is 0 Å². The summed E-state index contributed by atoms with van der Waals surface area (Å²) in [7, 11) is 0. The molecule has 31 heavy (non-hydrogen) atoms. The maximum atomic E-state index is 12.1. The second-order valence-corrected chi connectivity index (χ2v) is 9.88. The molecule has 2 saturated carbocycles. The predicted octanol–water partition coefficient (Wildman–Crippen LogP) is 4.81. The molecule has 0 aromatic carbocycles. The summed E-state index contributed by atoms with van der Waals surface area (Å²) in [4.78, 5) is 16.9. The molecular formula is C25H31N5O. The average Bonchev–Trinajstić information content (AvgIpc) is 3.14. The molecule has 0 bridgehead atoms. The van der Waals surface area contributed by atoms with E-state index < -0.39 is 0 Å². The van der Waals surface area contributed by atoms with Crippen molar-refractivity contribution in [2.45, 2.75) is 65.5 Å². The first-order valence-electron chi connectivity index (χ1n) is 11.4. The maximum Gasteiger partial charge on any atom is 0.250 e. The minimum Gasteiger partial charge on any atom is -0.367 e. The highest BCUT2D eigenvalue weighted by molar-refractivity contribution is 5.66. The molecule has 2 aliphatic rings. The third-order valence-corrected chi connectivity index (χ3v) is 6.90. The Morgan fingerprint density at radius 2 is 1.97 bits per heavy atom. The first kappa shape index (κ1) is 20.0. The number of rotatable bonds is 6. The lowest BCUT2D eigenvalue weighted by Crippen LogP contribution is -2.49. The number of aryl methyl sites for hydroxylation is 1. The van der Waals surface area contributed by atoms with E-state index in [1.807, 2.05) is 29.3 Å². The van der Waals surface area contributed by atoms with Crippen LogP contribution in [0.4, 0.5) is 5.82 Å². The molecule has 3 aromatic heterocycles. The first-order valence-corrected chi connectivity index (χ1v) is 11.4. The minimum absolute atomic E-state index is 0.0163. The Kier molecular flexibility index (Phi) is 4.95. The Bertz CT molecular complexity index is 1150. The number of hydrogen-bond donors (Lipinski definition) is 1. The van der Waals surface area contributed by atoms with Gasteiger partial charge in [0.05, 0.1) is 11.9 Å². The normalized spacial score (nSPS) is 17.5. The van der Waals surface area contributed by atoms with Crippen LogP contribution in [0.3, 0.4) is 0 Å². The Labute approximate surface area is 183 Å². The van der Waals surface area contributed by atoms with Crippen molar-refractivity contribution in [2.24, 2.45) is 11.3 Å². The highest BCUT2D eigenvalue weighted by Gasteiger charge is 2.48. The van der Waals surface area contributed by atoms with E-state index >= 15 is 0 Å². The van der Waals surface area contributed by atoms with Crippen molar-refractivity contribution in [3.63, 3.8) is 0 Å². The molecule has 162 valence electrons. The van der Waals surface area contributed by atoms with Crippen LogP contribution in [0, 0.1) is 18.3 Å². The van der Waals surface area contributed by atoms with Crippen molar-refractivity contribution in [2.75, 3.05) is 5.32 Å². The van der Waals surface area contributed by atoms with Gasteiger partial charge in [0.25, 0.3) is 5.56 Å². The van der Waals surface area contributed by atoms with Gasteiger partial charge in [-0.15, -0.1) is 0 Å². The molecule has 3 heterocycles. The van der Waals surface area contributed by atoms with Gasteiger partial charge in [-0.3, -0.25) is 4.79 Å². The standard InChI is InChI=1S/C25H31N5O/c1-17(2)14-29-16-21(5-8-24(29)31)30-15-19(13-26-30)22-6-7-23(27-18(22)3)28-20-11-25(12-20)9-4-10-25/h5-8,13,15-17,20H,4,9-12,14H2,1-3H3,(H,27,28). The topological polar surface area (TPSA) is 64.7 Å². The lowest BCUT2D eigenvalue weighted by molar-refractivity contribution is 0.0191. The van der Waals surface area contributed by atoms with E-state index in [1.54, 1.807) is 10.6 Å². The Morgan fingerprint density at radius 3 is 2.65 bits per heavy atom. The number of nitrogens with zero attached hydrogens (tertiary/aromatic N) is 4. The Balaban J connectivity index is 1.32. The van der Waals surface area contributed by atoms with E-state index in [-0.39, 0.29) is 5.56 Å². The van der Waals surface area contributed by atoms with Crippen LogP contribution >= 0.6 is 0 Å². The van der Waals surface area contributed by atoms with Crippen molar-refractivity contribution in [3.8, 4) is 16.8 Å². The van der Waals surface area contributed by atoms with Gasteiger partial charge < -0.3 is 9.88 Å². The molecule has 1 N–H and O–H groups in total. The number of hydrogen-bond acceptors (Lipinski definition) is 4. The molecule has 0 atom stereocenters. The highest BCUT2D eigenvalue weighted by Crippen LogP contribution is 2.56. The third kappa shape index (κ3) is 3.91. The molecule has 6 nitrogen and oxygen atoms in total. The van der Waals surface area contributed by atoms with Gasteiger partial charge in [-0.1, -0.05) is 20.3 Å². The summed E-state index contributed by atoms with van der Waals surface area (Å²) in [6.45, 7) is 6.96. The Morgan fingerprint density at radius 1 is 1.16 bits per heavy atom. The molecule has 3 aromatic rings. The van der Waals surface area contributed by atoms with Gasteiger partial charge in [-0.25, -0.2) is 9.67 Å². The van der Waals surface area contributed by atoms with Crippen LogP contribution in [-0.4, -0.2) is 25.4 Å². The largest absolute Gasteiger partial charge is 0.367 e.